The summed E-state index contributed by atoms with van der Waals surface area (Å²) in [7, 11) is 0. The van der Waals surface area contributed by atoms with Crippen LogP contribution < -0.4 is 5.32 Å². The zero-order valence-electron chi connectivity index (χ0n) is 12.1. The molecule has 0 unspecified atom stereocenters. The molecule has 0 saturated carbocycles. The highest BCUT2D eigenvalue weighted by Crippen LogP contribution is 2.24. The van der Waals surface area contributed by atoms with Crippen LogP contribution in [-0.4, -0.2) is 39.3 Å². The lowest BCUT2D eigenvalue weighted by Crippen LogP contribution is -2.24. The third-order valence-electron chi connectivity index (χ3n) is 3.41. The van der Waals surface area contributed by atoms with Gasteiger partial charge in [-0.25, -0.2) is 14.8 Å². The number of rotatable bonds is 6. The Morgan fingerprint density at radius 2 is 2.10 bits per heavy atom. The molecule has 0 aliphatic rings. The summed E-state index contributed by atoms with van der Waals surface area (Å²) in [4.78, 5) is 19.3. The summed E-state index contributed by atoms with van der Waals surface area (Å²) >= 11 is 0. The van der Waals surface area contributed by atoms with Gasteiger partial charge in [0.05, 0.1) is 11.1 Å². The van der Waals surface area contributed by atoms with Crippen molar-refractivity contribution >= 4 is 22.7 Å². The van der Waals surface area contributed by atoms with Crippen molar-refractivity contribution in [2.75, 3.05) is 18.5 Å². The molecule has 6 nitrogen and oxygen atoms in total. The second-order valence-electron chi connectivity index (χ2n) is 5.75. The standard InChI is InChI=1S/C15H19N3O3/c1-15(2,5-6-19)8-16-13-11-4-3-10(14(20)21)7-12(11)17-9-18-13/h3-4,7,9,19H,5-6,8H2,1-2H3,(H,20,21)(H,16,17,18). The summed E-state index contributed by atoms with van der Waals surface area (Å²) in [6, 6.07) is 4.78. The van der Waals surface area contributed by atoms with Crippen LogP contribution in [0.25, 0.3) is 10.9 Å². The van der Waals surface area contributed by atoms with Crippen LogP contribution in [-0.2, 0) is 0 Å². The van der Waals surface area contributed by atoms with E-state index >= 15 is 0 Å². The lowest BCUT2D eigenvalue weighted by molar-refractivity contribution is 0.0697. The molecule has 0 aliphatic heterocycles. The minimum absolute atomic E-state index is 0.0625. The zero-order valence-corrected chi connectivity index (χ0v) is 12.1. The van der Waals surface area contributed by atoms with Gasteiger partial charge in [0.2, 0.25) is 0 Å². The smallest absolute Gasteiger partial charge is 0.335 e. The first-order valence-corrected chi connectivity index (χ1v) is 6.76. The Labute approximate surface area is 122 Å². The van der Waals surface area contributed by atoms with Gasteiger partial charge >= 0.3 is 5.97 Å². The maximum Gasteiger partial charge on any atom is 0.335 e. The van der Waals surface area contributed by atoms with Crippen molar-refractivity contribution in [1.82, 2.24) is 9.97 Å². The van der Waals surface area contributed by atoms with Gasteiger partial charge in [0.15, 0.2) is 0 Å². The molecule has 0 aliphatic carbocycles. The van der Waals surface area contributed by atoms with Gasteiger partial charge in [-0.15, -0.1) is 0 Å². The predicted octanol–water partition coefficient (Wildman–Crippen LogP) is 2.15. The van der Waals surface area contributed by atoms with Crippen molar-refractivity contribution in [3.63, 3.8) is 0 Å². The molecular weight excluding hydrogens is 270 g/mol. The first-order valence-electron chi connectivity index (χ1n) is 6.76. The maximum atomic E-state index is 11.0. The van der Waals surface area contributed by atoms with Crippen molar-refractivity contribution in [1.29, 1.82) is 0 Å². The summed E-state index contributed by atoms with van der Waals surface area (Å²) < 4.78 is 0. The highest BCUT2D eigenvalue weighted by Gasteiger charge is 2.17. The second-order valence-corrected chi connectivity index (χ2v) is 5.75. The molecule has 0 saturated heterocycles. The molecule has 1 aromatic heterocycles. The third-order valence-corrected chi connectivity index (χ3v) is 3.41. The number of fused-ring (bicyclic) bond motifs is 1. The quantitative estimate of drug-likeness (QED) is 0.754. The molecule has 0 amide bonds. The molecule has 3 N–H and O–H groups in total. The summed E-state index contributed by atoms with van der Waals surface area (Å²) in [6.45, 7) is 4.91. The van der Waals surface area contributed by atoms with E-state index < -0.39 is 5.97 Å². The van der Waals surface area contributed by atoms with E-state index in [4.69, 9.17) is 10.2 Å². The molecule has 0 spiro atoms. The summed E-state index contributed by atoms with van der Waals surface area (Å²) in [6.07, 6.45) is 2.10. The van der Waals surface area contributed by atoms with Gasteiger partial charge in [0.25, 0.3) is 0 Å². The Bertz CT molecular complexity index is 656. The largest absolute Gasteiger partial charge is 0.478 e. The number of aliphatic hydroxyl groups excluding tert-OH is 1. The van der Waals surface area contributed by atoms with Gasteiger partial charge in [-0.1, -0.05) is 13.8 Å². The van der Waals surface area contributed by atoms with Gasteiger partial charge < -0.3 is 15.5 Å². The number of hydrogen-bond acceptors (Lipinski definition) is 5. The van der Waals surface area contributed by atoms with Gasteiger partial charge in [0, 0.05) is 18.5 Å². The number of carboxylic acid groups (broad SMARTS) is 1. The number of benzene rings is 1. The van der Waals surface area contributed by atoms with Crippen molar-refractivity contribution in [3.05, 3.63) is 30.1 Å². The minimum atomic E-state index is -0.978. The fourth-order valence-corrected chi connectivity index (χ4v) is 2.04. The van der Waals surface area contributed by atoms with Crippen LogP contribution in [0.3, 0.4) is 0 Å². The number of aromatic carboxylic acids is 1. The lowest BCUT2D eigenvalue weighted by Gasteiger charge is -2.24. The molecule has 112 valence electrons. The molecular formula is C15H19N3O3. The van der Waals surface area contributed by atoms with Gasteiger partial charge in [-0.05, 0) is 30.0 Å². The molecule has 0 radical (unpaired) electrons. The average molecular weight is 289 g/mol. The number of aliphatic hydroxyl groups is 1. The Morgan fingerprint density at radius 3 is 2.76 bits per heavy atom. The van der Waals surface area contributed by atoms with Crippen LogP contribution in [0.1, 0.15) is 30.6 Å². The van der Waals surface area contributed by atoms with E-state index in [0.717, 1.165) is 5.39 Å². The highest BCUT2D eigenvalue weighted by atomic mass is 16.4. The Morgan fingerprint density at radius 1 is 1.33 bits per heavy atom. The molecule has 0 fully saturated rings. The van der Waals surface area contributed by atoms with E-state index in [1.54, 1.807) is 6.07 Å². The van der Waals surface area contributed by atoms with Crippen molar-refractivity contribution < 1.29 is 15.0 Å². The monoisotopic (exact) mass is 289 g/mol. The Hall–Kier alpha value is -2.21. The van der Waals surface area contributed by atoms with E-state index in [1.807, 2.05) is 0 Å². The van der Waals surface area contributed by atoms with Crippen LogP contribution in [0, 0.1) is 5.41 Å². The third kappa shape index (κ3) is 3.66. The number of hydrogen-bond donors (Lipinski definition) is 3. The van der Waals surface area contributed by atoms with Crippen molar-refractivity contribution in [2.24, 2.45) is 5.41 Å². The molecule has 21 heavy (non-hydrogen) atoms. The first kappa shape index (κ1) is 15.2. The van der Waals surface area contributed by atoms with Crippen LogP contribution in [0.5, 0.6) is 0 Å². The number of carboxylic acids is 1. The van der Waals surface area contributed by atoms with E-state index in [0.29, 0.717) is 24.3 Å². The molecule has 1 heterocycles. The zero-order chi connectivity index (χ0) is 15.5. The topological polar surface area (TPSA) is 95.3 Å². The normalized spacial score (nSPS) is 11.6. The van der Waals surface area contributed by atoms with E-state index in [1.165, 1.54) is 18.5 Å². The van der Waals surface area contributed by atoms with Crippen molar-refractivity contribution in [3.8, 4) is 0 Å². The van der Waals surface area contributed by atoms with Crippen molar-refractivity contribution in [2.45, 2.75) is 20.3 Å². The summed E-state index contributed by atoms with van der Waals surface area (Å²) in [5, 5.41) is 22.1. The van der Waals surface area contributed by atoms with Crippen LogP contribution in [0.15, 0.2) is 24.5 Å². The number of nitrogens with zero attached hydrogens (tertiary/aromatic N) is 2. The van der Waals surface area contributed by atoms with Crippen LogP contribution in [0.2, 0.25) is 0 Å². The highest BCUT2D eigenvalue weighted by molar-refractivity contribution is 5.96. The average Bonchev–Trinajstić information content (AvgIpc) is 2.44. The molecule has 0 bridgehead atoms. The van der Waals surface area contributed by atoms with Crippen LogP contribution in [0.4, 0.5) is 5.82 Å². The molecule has 2 rings (SSSR count). The SMILES string of the molecule is CC(C)(CCO)CNc1ncnc2cc(C(=O)O)ccc12. The minimum Gasteiger partial charge on any atom is -0.478 e. The van der Waals surface area contributed by atoms with Gasteiger partial charge in [-0.2, -0.15) is 0 Å². The Kier molecular flexibility index (Phi) is 4.37. The number of anilines is 1. The maximum absolute atomic E-state index is 11.0. The molecule has 2 aromatic rings. The predicted molar refractivity (Wildman–Crippen MR) is 80.5 cm³/mol. The second kappa shape index (κ2) is 6.05. The fraction of sp³-hybridized carbons (Fsp3) is 0.400. The van der Waals surface area contributed by atoms with E-state index in [-0.39, 0.29) is 17.6 Å². The summed E-state index contributed by atoms with van der Waals surface area (Å²) in [5.41, 5.74) is 0.729. The number of aromatic nitrogens is 2. The Balaban J connectivity index is 2.26. The van der Waals surface area contributed by atoms with Gasteiger partial charge in [-0.3, -0.25) is 0 Å². The molecule has 6 heteroatoms. The number of carbonyl (C=O) groups is 1. The van der Waals surface area contributed by atoms with Gasteiger partial charge in [0.1, 0.15) is 12.1 Å². The first-order chi connectivity index (χ1) is 9.93. The lowest BCUT2D eigenvalue weighted by atomic mass is 9.90. The van der Waals surface area contributed by atoms with E-state index in [2.05, 4.69) is 29.1 Å². The molecule has 1 aromatic carbocycles. The fourth-order valence-electron chi connectivity index (χ4n) is 2.04. The number of nitrogens with one attached hydrogen (secondary N) is 1. The van der Waals surface area contributed by atoms with E-state index in [9.17, 15) is 4.79 Å². The molecule has 0 atom stereocenters. The summed E-state index contributed by atoms with van der Waals surface area (Å²) in [5.74, 6) is -0.308. The van der Waals surface area contributed by atoms with Crippen LogP contribution >= 0.6 is 0 Å².